The van der Waals surface area contributed by atoms with Crippen molar-refractivity contribution in [3.8, 4) is 0 Å². The molecule has 0 amide bonds. The predicted molar refractivity (Wildman–Crippen MR) is 90.5 cm³/mol. The van der Waals surface area contributed by atoms with E-state index < -0.39 is 10.0 Å². The summed E-state index contributed by atoms with van der Waals surface area (Å²) in [5.74, 6) is 0. The Hall–Kier alpha value is -1.04. The Morgan fingerprint density at radius 1 is 1.14 bits per heavy atom. The Morgan fingerprint density at radius 3 is 2.29 bits per heavy atom. The molecular weight excluding hydrogens is 374 g/mol. The number of aryl methyl sites for hydroxylation is 1. The molecule has 0 unspecified atom stereocenters. The van der Waals surface area contributed by atoms with E-state index in [-0.39, 0.29) is 4.90 Å². The summed E-state index contributed by atoms with van der Waals surface area (Å²) in [5.41, 5.74) is 1.48. The van der Waals surface area contributed by atoms with Gasteiger partial charge in [-0.2, -0.15) is 0 Å². The van der Waals surface area contributed by atoms with E-state index in [1.807, 2.05) is 13.0 Å². The molecule has 0 aromatic heterocycles. The molecule has 21 heavy (non-hydrogen) atoms. The van der Waals surface area contributed by atoms with Crippen LogP contribution in [0.2, 0.25) is 5.02 Å². The Morgan fingerprint density at radius 2 is 1.76 bits per heavy atom. The molecule has 0 aliphatic heterocycles. The Balaban J connectivity index is 2.48. The standard InChI is InChI=1S/C15H15BrClNO2S/c1-3-18(13-7-4-11(2)15(17)10-13)21(19,20)14-8-5-12(16)6-9-14/h4-10H,3H2,1-2H3. The van der Waals surface area contributed by atoms with Gasteiger partial charge < -0.3 is 0 Å². The summed E-state index contributed by atoms with van der Waals surface area (Å²) in [5, 5.41) is 0.553. The lowest BCUT2D eigenvalue weighted by molar-refractivity contribution is 0.592. The highest BCUT2D eigenvalue weighted by Crippen LogP contribution is 2.28. The van der Waals surface area contributed by atoms with Crippen LogP contribution in [-0.2, 0) is 10.0 Å². The second kappa shape index (κ2) is 6.38. The van der Waals surface area contributed by atoms with Gasteiger partial charge in [0.25, 0.3) is 10.0 Å². The van der Waals surface area contributed by atoms with Crippen LogP contribution in [0.5, 0.6) is 0 Å². The van der Waals surface area contributed by atoms with Crippen LogP contribution in [0.1, 0.15) is 12.5 Å². The fourth-order valence-electron chi connectivity index (χ4n) is 1.96. The van der Waals surface area contributed by atoms with E-state index in [1.165, 1.54) is 4.31 Å². The van der Waals surface area contributed by atoms with Gasteiger partial charge in [0.05, 0.1) is 10.6 Å². The Bertz CT molecular complexity index is 745. The number of halogens is 2. The molecule has 3 nitrogen and oxygen atoms in total. The van der Waals surface area contributed by atoms with Crippen molar-refractivity contribution in [1.82, 2.24) is 0 Å². The zero-order valence-electron chi connectivity index (χ0n) is 11.7. The van der Waals surface area contributed by atoms with E-state index in [1.54, 1.807) is 43.3 Å². The molecule has 0 spiro atoms. The van der Waals surface area contributed by atoms with Crippen molar-refractivity contribution in [2.75, 3.05) is 10.8 Å². The maximum atomic E-state index is 12.7. The molecule has 0 saturated heterocycles. The number of hydrogen-bond acceptors (Lipinski definition) is 2. The largest absolute Gasteiger partial charge is 0.267 e. The monoisotopic (exact) mass is 387 g/mol. The van der Waals surface area contributed by atoms with Gasteiger partial charge in [0.1, 0.15) is 0 Å². The molecule has 2 aromatic carbocycles. The van der Waals surface area contributed by atoms with Gasteiger partial charge in [-0.15, -0.1) is 0 Å². The molecule has 0 N–H and O–H groups in total. The van der Waals surface area contributed by atoms with Gasteiger partial charge in [-0.05, 0) is 55.8 Å². The lowest BCUT2D eigenvalue weighted by atomic mass is 10.2. The first-order valence-corrected chi connectivity index (χ1v) is 9.02. The Labute approximate surface area is 138 Å². The van der Waals surface area contributed by atoms with Gasteiger partial charge in [-0.3, -0.25) is 4.31 Å². The first kappa shape index (κ1) is 16.3. The molecule has 0 atom stereocenters. The predicted octanol–water partition coefficient (Wildman–Crippen LogP) is 4.63. The molecule has 0 heterocycles. The van der Waals surface area contributed by atoms with E-state index in [2.05, 4.69) is 15.9 Å². The molecule has 2 aromatic rings. The fraction of sp³-hybridized carbons (Fsp3) is 0.200. The quantitative estimate of drug-likeness (QED) is 0.766. The average Bonchev–Trinajstić information content (AvgIpc) is 2.44. The van der Waals surface area contributed by atoms with Crippen LogP contribution in [-0.4, -0.2) is 15.0 Å². The molecule has 0 radical (unpaired) electrons. The molecule has 6 heteroatoms. The summed E-state index contributed by atoms with van der Waals surface area (Å²) in [6.07, 6.45) is 0. The lowest BCUT2D eigenvalue weighted by Crippen LogP contribution is -2.30. The van der Waals surface area contributed by atoms with Gasteiger partial charge in [0.2, 0.25) is 0 Å². The van der Waals surface area contributed by atoms with Gasteiger partial charge in [0.15, 0.2) is 0 Å². The molecule has 0 fully saturated rings. The third-order valence-corrected chi connectivity index (χ3v) is 5.99. The smallest absolute Gasteiger partial charge is 0.264 e. The molecule has 0 saturated carbocycles. The van der Waals surface area contributed by atoms with E-state index in [4.69, 9.17) is 11.6 Å². The first-order chi connectivity index (χ1) is 9.86. The van der Waals surface area contributed by atoms with Gasteiger partial charge >= 0.3 is 0 Å². The summed E-state index contributed by atoms with van der Waals surface area (Å²) < 4.78 is 27.7. The van der Waals surface area contributed by atoms with Crippen molar-refractivity contribution in [3.05, 3.63) is 57.5 Å². The molecular formula is C15H15BrClNO2S. The van der Waals surface area contributed by atoms with Crippen molar-refractivity contribution in [2.45, 2.75) is 18.7 Å². The minimum absolute atomic E-state index is 0.254. The molecule has 0 aliphatic carbocycles. The number of hydrogen-bond donors (Lipinski definition) is 0. The number of benzene rings is 2. The fourth-order valence-corrected chi connectivity index (χ4v) is 3.87. The minimum Gasteiger partial charge on any atom is -0.267 e. The highest BCUT2D eigenvalue weighted by Gasteiger charge is 2.23. The van der Waals surface area contributed by atoms with Crippen LogP contribution in [0.4, 0.5) is 5.69 Å². The molecule has 0 bridgehead atoms. The third-order valence-electron chi connectivity index (χ3n) is 3.13. The van der Waals surface area contributed by atoms with Gasteiger partial charge in [-0.1, -0.05) is 33.6 Å². The maximum Gasteiger partial charge on any atom is 0.264 e. The second-order valence-electron chi connectivity index (χ2n) is 4.56. The highest BCUT2D eigenvalue weighted by atomic mass is 79.9. The first-order valence-electron chi connectivity index (χ1n) is 6.40. The number of sulfonamides is 1. The van der Waals surface area contributed by atoms with E-state index >= 15 is 0 Å². The number of nitrogens with zero attached hydrogens (tertiary/aromatic N) is 1. The van der Waals surface area contributed by atoms with Crippen LogP contribution < -0.4 is 4.31 Å². The van der Waals surface area contributed by atoms with E-state index in [0.29, 0.717) is 17.3 Å². The Kier molecular flexibility index (Phi) is 4.96. The van der Waals surface area contributed by atoms with Crippen molar-refractivity contribution in [3.63, 3.8) is 0 Å². The number of anilines is 1. The normalized spacial score (nSPS) is 11.4. The maximum absolute atomic E-state index is 12.7. The summed E-state index contributed by atoms with van der Waals surface area (Å²) >= 11 is 9.41. The summed E-state index contributed by atoms with van der Waals surface area (Å²) in [6.45, 7) is 4.01. The van der Waals surface area contributed by atoms with Crippen LogP contribution in [0.25, 0.3) is 0 Å². The van der Waals surface area contributed by atoms with E-state index in [0.717, 1.165) is 10.0 Å². The molecule has 2 rings (SSSR count). The third kappa shape index (κ3) is 3.42. The van der Waals surface area contributed by atoms with Gasteiger partial charge in [0, 0.05) is 16.0 Å². The summed E-state index contributed by atoms with van der Waals surface area (Å²) in [7, 11) is -3.60. The topological polar surface area (TPSA) is 37.4 Å². The molecule has 112 valence electrons. The minimum atomic E-state index is -3.60. The average molecular weight is 389 g/mol. The second-order valence-corrected chi connectivity index (χ2v) is 7.74. The SMILES string of the molecule is CCN(c1ccc(C)c(Cl)c1)S(=O)(=O)c1ccc(Br)cc1. The van der Waals surface area contributed by atoms with Crippen LogP contribution in [0.3, 0.4) is 0 Å². The van der Waals surface area contributed by atoms with Crippen molar-refractivity contribution in [1.29, 1.82) is 0 Å². The zero-order valence-corrected chi connectivity index (χ0v) is 14.8. The zero-order chi connectivity index (χ0) is 15.6. The van der Waals surface area contributed by atoms with Crippen molar-refractivity contribution >= 4 is 43.2 Å². The van der Waals surface area contributed by atoms with Crippen molar-refractivity contribution < 1.29 is 8.42 Å². The van der Waals surface area contributed by atoms with Crippen molar-refractivity contribution in [2.24, 2.45) is 0 Å². The number of rotatable bonds is 4. The van der Waals surface area contributed by atoms with Crippen LogP contribution in [0, 0.1) is 6.92 Å². The van der Waals surface area contributed by atoms with Crippen LogP contribution in [0.15, 0.2) is 51.8 Å². The van der Waals surface area contributed by atoms with E-state index in [9.17, 15) is 8.42 Å². The summed E-state index contributed by atoms with van der Waals surface area (Å²) in [6, 6.07) is 11.8. The van der Waals surface area contributed by atoms with Crippen LogP contribution >= 0.6 is 27.5 Å². The van der Waals surface area contributed by atoms with Gasteiger partial charge in [-0.25, -0.2) is 8.42 Å². The summed E-state index contributed by atoms with van der Waals surface area (Å²) in [4.78, 5) is 0.254. The lowest BCUT2D eigenvalue weighted by Gasteiger charge is -2.23. The molecule has 0 aliphatic rings. The highest BCUT2D eigenvalue weighted by molar-refractivity contribution is 9.10.